The smallest absolute Gasteiger partial charge is 0.255 e. The first-order valence-electron chi connectivity index (χ1n) is 5.82. The maximum Gasteiger partial charge on any atom is 0.255 e. The lowest BCUT2D eigenvalue weighted by Gasteiger charge is -2.11. The molecule has 1 amide bonds. The molecular weight excluding hydrogens is 298 g/mol. The van der Waals surface area contributed by atoms with E-state index in [0.29, 0.717) is 23.7 Å². The van der Waals surface area contributed by atoms with Gasteiger partial charge in [0.25, 0.3) is 5.91 Å². The van der Waals surface area contributed by atoms with Crippen molar-refractivity contribution < 1.29 is 14.3 Å². The van der Waals surface area contributed by atoms with Gasteiger partial charge in [0.1, 0.15) is 0 Å². The van der Waals surface area contributed by atoms with E-state index in [1.165, 1.54) is 6.21 Å². The largest absolute Gasteiger partial charge is 0.490 e. The zero-order chi connectivity index (χ0) is 15.0. The molecule has 0 fully saturated rings. The van der Waals surface area contributed by atoms with E-state index >= 15 is 0 Å². The van der Waals surface area contributed by atoms with Gasteiger partial charge in [0.15, 0.2) is 18.1 Å². The number of halogens is 1. The Balaban J connectivity index is 0.00000400. The summed E-state index contributed by atoms with van der Waals surface area (Å²) in [7, 11) is 0. The van der Waals surface area contributed by atoms with E-state index < -0.39 is 5.91 Å². The molecule has 0 saturated carbocycles. The molecule has 0 spiro atoms. The summed E-state index contributed by atoms with van der Waals surface area (Å²) in [6.45, 7) is 2.06. The summed E-state index contributed by atoms with van der Waals surface area (Å²) in [5.41, 5.74) is 16.0. The number of hydrogen-bond acceptors (Lipinski definition) is 5. The molecule has 1 aromatic carbocycles. The number of carbonyl (C=O) groups excluding carboxylic acids is 1. The van der Waals surface area contributed by atoms with E-state index in [-0.39, 0.29) is 25.0 Å². The van der Waals surface area contributed by atoms with Crippen LogP contribution in [-0.4, -0.2) is 31.3 Å². The van der Waals surface area contributed by atoms with Crippen LogP contribution < -0.4 is 26.7 Å². The fourth-order valence-electron chi connectivity index (χ4n) is 1.30. The fourth-order valence-corrected chi connectivity index (χ4v) is 1.30. The highest BCUT2D eigenvalue weighted by atomic mass is 35.5. The summed E-state index contributed by atoms with van der Waals surface area (Å²) in [5.74, 6) is 0.200. The summed E-state index contributed by atoms with van der Waals surface area (Å²) in [6.07, 6.45) is 1.46. The number of amides is 1. The number of hydrogen-bond donors (Lipinski definition) is 3. The molecule has 0 heterocycles. The molecule has 0 saturated heterocycles. The maximum absolute atomic E-state index is 10.7. The zero-order valence-corrected chi connectivity index (χ0v) is 12.3. The van der Waals surface area contributed by atoms with Gasteiger partial charge in [-0.3, -0.25) is 4.79 Å². The number of benzene rings is 1. The second kappa shape index (κ2) is 9.43. The molecule has 0 aromatic heterocycles. The van der Waals surface area contributed by atoms with Crippen molar-refractivity contribution in [3.63, 3.8) is 0 Å². The van der Waals surface area contributed by atoms with Crippen LogP contribution in [0.2, 0.25) is 0 Å². The highest BCUT2D eigenvalue weighted by molar-refractivity contribution is 5.85. The first kappa shape index (κ1) is 18.5. The molecule has 0 unspecified atom stereocenters. The fraction of sp³-hybridized carbons (Fsp3) is 0.250. The third-order valence-electron chi connectivity index (χ3n) is 2.02. The van der Waals surface area contributed by atoms with Crippen LogP contribution in [0.5, 0.6) is 11.5 Å². The van der Waals surface area contributed by atoms with Gasteiger partial charge < -0.3 is 26.7 Å². The first-order chi connectivity index (χ1) is 9.52. The van der Waals surface area contributed by atoms with E-state index in [4.69, 9.17) is 26.7 Å². The summed E-state index contributed by atoms with van der Waals surface area (Å²) >= 11 is 0. The average molecular weight is 316 g/mol. The van der Waals surface area contributed by atoms with Gasteiger partial charge in [-0.15, -0.1) is 17.5 Å². The molecule has 116 valence electrons. The second-order valence-corrected chi connectivity index (χ2v) is 3.66. The number of carbonyl (C=O) groups is 1. The van der Waals surface area contributed by atoms with Crippen LogP contribution in [0.4, 0.5) is 0 Å². The predicted octanol–water partition coefficient (Wildman–Crippen LogP) is -0.0215. The molecule has 1 aromatic rings. The van der Waals surface area contributed by atoms with Crippen molar-refractivity contribution in [3.05, 3.63) is 23.8 Å². The molecule has 21 heavy (non-hydrogen) atoms. The Morgan fingerprint density at radius 1 is 1.24 bits per heavy atom. The van der Waals surface area contributed by atoms with Gasteiger partial charge in [0.2, 0.25) is 5.96 Å². The highest BCUT2D eigenvalue weighted by Gasteiger charge is 2.07. The first-order valence-corrected chi connectivity index (χ1v) is 5.82. The van der Waals surface area contributed by atoms with E-state index in [9.17, 15) is 4.79 Å². The van der Waals surface area contributed by atoms with Crippen molar-refractivity contribution in [1.82, 2.24) is 0 Å². The van der Waals surface area contributed by atoms with Crippen LogP contribution in [0.15, 0.2) is 28.4 Å². The van der Waals surface area contributed by atoms with Crippen molar-refractivity contribution in [2.24, 2.45) is 27.4 Å². The number of primary amides is 1. The van der Waals surface area contributed by atoms with E-state index in [1.54, 1.807) is 18.2 Å². The van der Waals surface area contributed by atoms with Crippen LogP contribution in [0.1, 0.15) is 12.5 Å². The Morgan fingerprint density at radius 2 is 1.95 bits per heavy atom. The van der Waals surface area contributed by atoms with E-state index in [0.717, 1.165) is 0 Å². The quantitative estimate of drug-likeness (QED) is 0.368. The predicted molar refractivity (Wildman–Crippen MR) is 83.0 cm³/mol. The minimum atomic E-state index is -0.564. The van der Waals surface area contributed by atoms with E-state index in [1.807, 2.05) is 6.92 Å². The Kier molecular flexibility index (Phi) is 8.31. The minimum Gasteiger partial charge on any atom is -0.490 e. The van der Waals surface area contributed by atoms with Crippen molar-refractivity contribution in [3.8, 4) is 11.5 Å². The molecule has 1 rings (SSSR count). The summed E-state index contributed by atoms with van der Waals surface area (Å²) in [4.78, 5) is 10.7. The molecular formula is C12H18ClN5O3. The van der Waals surface area contributed by atoms with Crippen LogP contribution in [0, 0.1) is 0 Å². The lowest BCUT2D eigenvalue weighted by Crippen LogP contribution is -2.21. The molecule has 9 heteroatoms. The molecule has 0 aliphatic heterocycles. The lowest BCUT2D eigenvalue weighted by atomic mass is 10.2. The molecule has 0 radical (unpaired) electrons. The Labute approximate surface area is 128 Å². The van der Waals surface area contributed by atoms with Gasteiger partial charge in [-0.05, 0) is 30.7 Å². The highest BCUT2D eigenvalue weighted by Crippen LogP contribution is 2.27. The summed E-state index contributed by atoms with van der Waals surface area (Å²) in [5, 5.41) is 7.17. The Hall–Kier alpha value is -2.48. The molecule has 6 N–H and O–H groups in total. The third kappa shape index (κ3) is 7.02. The number of rotatable bonds is 7. The lowest BCUT2D eigenvalue weighted by molar-refractivity contribution is -0.119. The van der Waals surface area contributed by atoms with Crippen LogP contribution in [0.3, 0.4) is 0 Å². The summed E-state index contributed by atoms with van der Waals surface area (Å²) in [6, 6.07) is 5.04. The van der Waals surface area contributed by atoms with Gasteiger partial charge in [-0.25, -0.2) is 0 Å². The zero-order valence-electron chi connectivity index (χ0n) is 11.5. The number of nitrogens with zero attached hydrogens (tertiary/aromatic N) is 2. The van der Waals surface area contributed by atoms with Crippen molar-refractivity contribution in [1.29, 1.82) is 0 Å². The summed E-state index contributed by atoms with van der Waals surface area (Å²) < 4.78 is 10.7. The minimum absolute atomic E-state index is 0. The van der Waals surface area contributed by atoms with Gasteiger partial charge in [-0.2, -0.15) is 5.10 Å². The molecule has 8 nitrogen and oxygen atoms in total. The third-order valence-corrected chi connectivity index (χ3v) is 2.02. The average Bonchev–Trinajstić information content (AvgIpc) is 2.37. The normalized spacial score (nSPS) is 9.76. The molecule has 0 bridgehead atoms. The van der Waals surface area contributed by atoms with Gasteiger partial charge in [0, 0.05) is 0 Å². The van der Waals surface area contributed by atoms with Crippen molar-refractivity contribution >= 4 is 30.5 Å². The van der Waals surface area contributed by atoms with Gasteiger partial charge in [0.05, 0.1) is 12.8 Å². The van der Waals surface area contributed by atoms with E-state index in [2.05, 4.69) is 10.2 Å². The van der Waals surface area contributed by atoms with Crippen molar-refractivity contribution in [2.75, 3.05) is 13.2 Å². The molecule has 0 aliphatic carbocycles. The monoisotopic (exact) mass is 315 g/mol. The SMILES string of the molecule is CCOc1cc(/C=N/N=C(N)N)ccc1OCC(N)=O.Cl. The molecule has 0 atom stereocenters. The maximum atomic E-state index is 10.7. The number of guanidine groups is 1. The number of ether oxygens (including phenoxy) is 2. The van der Waals surface area contributed by atoms with Gasteiger partial charge in [-0.1, -0.05) is 0 Å². The van der Waals surface area contributed by atoms with Crippen LogP contribution >= 0.6 is 12.4 Å². The topological polar surface area (TPSA) is 138 Å². The van der Waals surface area contributed by atoms with Crippen molar-refractivity contribution in [2.45, 2.75) is 6.92 Å². The number of nitrogens with two attached hydrogens (primary N) is 3. The molecule has 0 aliphatic rings. The standard InChI is InChI=1S/C12H17N5O3.ClH/c1-2-19-10-5-8(6-16-17-12(14)15)3-4-9(10)20-7-11(13)18;/h3-6H,2,7H2,1H3,(H2,13,18)(H4,14,15,17);1H/b16-6+;. The van der Waals surface area contributed by atoms with Gasteiger partial charge >= 0.3 is 0 Å². The second-order valence-electron chi connectivity index (χ2n) is 3.66. The Bertz CT molecular complexity index is 530. The van der Waals surface area contributed by atoms with Crippen LogP contribution in [0.25, 0.3) is 0 Å². The van der Waals surface area contributed by atoms with Crippen LogP contribution in [-0.2, 0) is 4.79 Å². The Morgan fingerprint density at radius 3 is 2.52 bits per heavy atom.